The van der Waals surface area contributed by atoms with Crippen molar-refractivity contribution in [3.8, 4) is 5.75 Å². The van der Waals surface area contributed by atoms with Crippen molar-refractivity contribution in [2.24, 2.45) is 0 Å². The second-order valence-corrected chi connectivity index (χ2v) is 3.33. The summed E-state index contributed by atoms with van der Waals surface area (Å²) >= 11 is 0. The fourth-order valence-corrected chi connectivity index (χ4v) is 1.20. The van der Waals surface area contributed by atoms with Crippen molar-refractivity contribution in [1.82, 2.24) is 0 Å². The summed E-state index contributed by atoms with van der Waals surface area (Å²) in [5.41, 5.74) is -0.342. The van der Waals surface area contributed by atoms with E-state index in [4.69, 9.17) is 9.66 Å². The van der Waals surface area contributed by atoms with Crippen molar-refractivity contribution in [1.29, 1.82) is 0 Å². The van der Waals surface area contributed by atoms with E-state index >= 15 is 0 Å². The Kier molecular flexibility index (Phi) is 4.67. The summed E-state index contributed by atoms with van der Waals surface area (Å²) in [6.45, 7) is 0. The van der Waals surface area contributed by atoms with Gasteiger partial charge in [-0.1, -0.05) is 12.1 Å². The number of benzene rings is 1. The van der Waals surface area contributed by atoms with Crippen molar-refractivity contribution in [2.45, 2.75) is 0 Å². The average molecular weight is 252 g/mol. The smallest absolute Gasteiger partial charge is 0.446 e. The fraction of sp³-hybridized carbons (Fsp3) is 0. The number of carboxylic acids is 1. The minimum absolute atomic E-state index is 0. The minimum atomic E-state index is -4.70. The summed E-state index contributed by atoms with van der Waals surface area (Å²) in [4.78, 5) is 10.6. The maximum absolute atomic E-state index is 10.6. The van der Waals surface area contributed by atoms with Crippen LogP contribution in [0.2, 0.25) is 0 Å². The molecule has 1 aromatic rings. The molecule has 0 heterocycles. The summed E-state index contributed by atoms with van der Waals surface area (Å²) in [5.74, 6) is -1.77. The molecule has 1 atom stereocenters. The van der Waals surface area contributed by atoms with Gasteiger partial charge in [-0.25, -0.2) is 4.79 Å². The molecule has 0 bridgehead atoms. The van der Waals surface area contributed by atoms with Gasteiger partial charge in [-0.15, -0.1) is 0 Å². The van der Waals surface area contributed by atoms with E-state index in [2.05, 4.69) is 4.18 Å². The standard InChI is InChI=1S/C7H6O6S.H3P/c8-7(9)5-3-1-2-4-6(5)13-14(10,11)12;/h1-4H,(H,8,9)(H,10,11,12);1H3. The van der Waals surface area contributed by atoms with Crippen LogP contribution < -0.4 is 4.18 Å². The third kappa shape index (κ3) is 4.24. The van der Waals surface area contributed by atoms with Crippen LogP contribution in [-0.4, -0.2) is 24.0 Å². The van der Waals surface area contributed by atoms with Gasteiger partial charge in [0.25, 0.3) is 0 Å². The van der Waals surface area contributed by atoms with Gasteiger partial charge < -0.3 is 9.29 Å². The molecule has 8 heteroatoms. The molecule has 0 radical (unpaired) electrons. The maximum Gasteiger partial charge on any atom is 0.446 e. The Bertz CT molecular complexity index is 454. The van der Waals surface area contributed by atoms with Gasteiger partial charge in [0.2, 0.25) is 0 Å². The molecule has 1 rings (SSSR count). The van der Waals surface area contributed by atoms with Crippen LogP contribution in [0.5, 0.6) is 5.75 Å². The van der Waals surface area contributed by atoms with Crippen LogP contribution in [0.3, 0.4) is 0 Å². The second-order valence-electron chi connectivity index (χ2n) is 2.31. The molecule has 0 spiro atoms. The molecule has 84 valence electrons. The zero-order chi connectivity index (χ0) is 10.8. The van der Waals surface area contributed by atoms with Crippen molar-refractivity contribution >= 4 is 26.3 Å². The number of hydrogen-bond donors (Lipinski definition) is 2. The first kappa shape index (κ1) is 13.8. The highest BCUT2D eigenvalue weighted by atomic mass is 32.3. The summed E-state index contributed by atoms with van der Waals surface area (Å²) in [6.07, 6.45) is 0. The fourth-order valence-electron chi connectivity index (χ4n) is 0.829. The van der Waals surface area contributed by atoms with Crippen molar-refractivity contribution in [3.05, 3.63) is 29.8 Å². The molecule has 0 aromatic heterocycles. The van der Waals surface area contributed by atoms with E-state index in [0.717, 1.165) is 12.1 Å². The van der Waals surface area contributed by atoms with Gasteiger partial charge in [-0.2, -0.15) is 18.3 Å². The zero-order valence-corrected chi connectivity index (χ0v) is 9.68. The van der Waals surface area contributed by atoms with Crippen LogP contribution in [0, 0.1) is 0 Å². The Hall–Kier alpha value is -1.17. The number of aromatic carboxylic acids is 1. The van der Waals surface area contributed by atoms with Gasteiger partial charge in [-0.3, -0.25) is 4.55 Å². The summed E-state index contributed by atoms with van der Waals surface area (Å²) in [6, 6.07) is 5.06. The highest BCUT2D eigenvalue weighted by Gasteiger charge is 2.15. The Morgan fingerprint density at radius 1 is 1.27 bits per heavy atom. The number of carboxylic acid groups (broad SMARTS) is 1. The molecular weight excluding hydrogens is 243 g/mol. The lowest BCUT2D eigenvalue weighted by atomic mass is 10.2. The van der Waals surface area contributed by atoms with E-state index < -0.39 is 22.1 Å². The predicted molar refractivity (Wildman–Crippen MR) is 56.7 cm³/mol. The molecule has 0 fully saturated rings. The normalized spacial score (nSPS) is 10.2. The van der Waals surface area contributed by atoms with Gasteiger partial charge in [0.1, 0.15) is 5.56 Å². The SMILES string of the molecule is O=C(O)c1ccccc1OS(=O)(=O)O.P. The van der Waals surface area contributed by atoms with Crippen molar-refractivity contribution in [3.63, 3.8) is 0 Å². The highest BCUT2D eigenvalue weighted by Crippen LogP contribution is 2.18. The van der Waals surface area contributed by atoms with Crippen LogP contribution in [0.4, 0.5) is 0 Å². The topological polar surface area (TPSA) is 101 Å². The highest BCUT2D eigenvalue weighted by molar-refractivity contribution is 7.81. The number of hydrogen-bond acceptors (Lipinski definition) is 4. The monoisotopic (exact) mass is 252 g/mol. The molecule has 1 aromatic carbocycles. The lowest BCUT2D eigenvalue weighted by Gasteiger charge is -2.03. The number of carbonyl (C=O) groups is 1. The van der Waals surface area contributed by atoms with E-state index in [1.54, 1.807) is 0 Å². The molecule has 2 N–H and O–H groups in total. The summed E-state index contributed by atoms with van der Waals surface area (Å²) < 4.78 is 33.0. The van der Waals surface area contributed by atoms with Gasteiger partial charge in [0.05, 0.1) is 0 Å². The lowest BCUT2D eigenvalue weighted by molar-refractivity contribution is 0.0695. The molecule has 6 nitrogen and oxygen atoms in total. The average Bonchev–Trinajstić information content (AvgIpc) is 2.01. The molecule has 0 aliphatic rings. The molecule has 0 amide bonds. The van der Waals surface area contributed by atoms with Gasteiger partial charge >= 0.3 is 16.4 Å². The molecule has 0 saturated heterocycles. The van der Waals surface area contributed by atoms with Gasteiger partial charge in [-0.05, 0) is 12.1 Å². The van der Waals surface area contributed by atoms with E-state index in [1.165, 1.54) is 12.1 Å². The summed E-state index contributed by atoms with van der Waals surface area (Å²) in [5, 5.41) is 8.61. The molecule has 0 aliphatic heterocycles. The van der Waals surface area contributed by atoms with E-state index in [1.807, 2.05) is 0 Å². The first-order valence-electron chi connectivity index (χ1n) is 3.39. The van der Waals surface area contributed by atoms with Gasteiger partial charge in [0.15, 0.2) is 5.75 Å². The summed E-state index contributed by atoms with van der Waals surface area (Å²) in [7, 11) is -4.70. The van der Waals surface area contributed by atoms with Crippen LogP contribution in [0.25, 0.3) is 0 Å². The van der Waals surface area contributed by atoms with Crippen LogP contribution in [-0.2, 0) is 10.4 Å². The first-order valence-corrected chi connectivity index (χ1v) is 4.76. The van der Waals surface area contributed by atoms with E-state index in [-0.39, 0.29) is 15.5 Å². The molecule has 1 unspecified atom stereocenters. The minimum Gasteiger partial charge on any atom is -0.478 e. The number of para-hydroxylation sites is 1. The van der Waals surface area contributed by atoms with E-state index in [0.29, 0.717) is 0 Å². The first-order chi connectivity index (χ1) is 6.40. The quantitative estimate of drug-likeness (QED) is 0.604. The Morgan fingerprint density at radius 3 is 2.27 bits per heavy atom. The maximum atomic E-state index is 10.6. The second kappa shape index (κ2) is 5.06. The molecule has 0 aliphatic carbocycles. The third-order valence-electron chi connectivity index (χ3n) is 1.31. The molecule has 15 heavy (non-hydrogen) atoms. The predicted octanol–water partition coefficient (Wildman–Crippen LogP) is 0.624. The third-order valence-corrected chi connectivity index (χ3v) is 1.70. The molecule has 0 saturated carbocycles. The Balaban J connectivity index is 0.00000196. The Labute approximate surface area is 89.5 Å². The lowest BCUT2D eigenvalue weighted by Crippen LogP contribution is -2.10. The zero-order valence-electron chi connectivity index (χ0n) is 7.45. The van der Waals surface area contributed by atoms with Crippen molar-refractivity contribution in [2.75, 3.05) is 0 Å². The van der Waals surface area contributed by atoms with Crippen LogP contribution >= 0.6 is 9.90 Å². The largest absolute Gasteiger partial charge is 0.478 e. The van der Waals surface area contributed by atoms with Crippen LogP contribution in [0.15, 0.2) is 24.3 Å². The van der Waals surface area contributed by atoms with Crippen molar-refractivity contribution < 1.29 is 27.1 Å². The Morgan fingerprint density at radius 2 is 1.80 bits per heavy atom. The molecular formula is C7H9O6PS. The van der Waals surface area contributed by atoms with E-state index in [9.17, 15) is 13.2 Å². The number of rotatable bonds is 3. The van der Waals surface area contributed by atoms with Crippen LogP contribution in [0.1, 0.15) is 10.4 Å². The van der Waals surface area contributed by atoms with Gasteiger partial charge in [0, 0.05) is 0 Å².